The fourth-order valence-corrected chi connectivity index (χ4v) is 2.65. The van der Waals surface area contributed by atoms with E-state index in [2.05, 4.69) is 17.1 Å². The van der Waals surface area contributed by atoms with E-state index < -0.39 is 0 Å². The third kappa shape index (κ3) is 1.65. The van der Waals surface area contributed by atoms with E-state index in [-0.39, 0.29) is 11.5 Å². The second kappa shape index (κ2) is 3.55. The van der Waals surface area contributed by atoms with Gasteiger partial charge in [0, 0.05) is 5.41 Å². The molecular formula is C12H19N3O. The zero-order valence-corrected chi connectivity index (χ0v) is 9.78. The molecule has 1 aromatic rings. The molecule has 2 N–H and O–H groups in total. The van der Waals surface area contributed by atoms with E-state index in [9.17, 15) is 0 Å². The number of nitrogens with two attached hydrogens (primary N) is 1. The SMILES string of the molecule is CC1(c2nc(C(N)C3CC3)no2)CCCC1. The van der Waals surface area contributed by atoms with Crippen molar-refractivity contribution in [2.24, 2.45) is 11.7 Å². The smallest absolute Gasteiger partial charge is 0.232 e. The van der Waals surface area contributed by atoms with Gasteiger partial charge < -0.3 is 10.3 Å². The molecular weight excluding hydrogens is 202 g/mol. The van der Waals surface area contributed by atoms with E-state index in [0.717, 1.165) is 18.7 Å². The summed E-state index contributed by atoms with van der Waals surface area (Å²) in [4.78, 5) is 4.52. The molecule has 2 saturated carbocycles. The van der Waals surface area contributed by atoms with Gasteiger partial charge in [0.25, 0.3) is 0 Å². The maximum absolute atomic E-state index is 6.07. The molecule has 1 heterocycles. The van der Waals surface area contributed by atoms with Crippen molar-refractivity contribution in [2.75, 3.05) is 0 Å². The van der Waals surface area contributed by atoms with Crippen LogP contribution in [0.1, 0.15) is 63.2 Å². The minimum absolute atomic E-state index is 0.0116. The van der Waals surface area contributed by atoms with Crippen LogP contribution in [0, 0.1) is 5.92 Å². The van der Waals surface area contributed by atoms with Gasteiger partial charge in [-0.1, -0.05) is 24.9 Å². The number of nitrogens with zero attached hydrogens (tertiary/aromatic N) is 2. The summed E-state index contributed by atoms with van der Waals surface area (Å²) in [6.07, 6.45) is 7.27. The molecule has 2 aliphatic carbocycles. The fraction of sp³-hybridized carbons (Fsp3) is 0.833. The van der Waals surface area contributed by atoms with E-state index in [1.165, 1.54) is 25.7 Å². The maximum atomic E-state index is 6.07. The number of rotatable bonds is 3. The second-order valence-corrected chi connectivity index (χ2v) is 5.59. The predicted octanol–water partition coefficient (Wildman–Crippen LogP) is 2.31. The Hall–Kier alpha value is -0.900. The average Bonchev–Trinajstić information content (AvgIpc) is 2.82. The van der Waals surface area contributed by atoms with Gasteiger partial charge in [-0.05, 0) is 31.6 Å². The molecule has 0 bridgehead atoms. The van der Waals surface area contributed by atoms with Crippen molar-refractivity contribution in [2.45, 2.75) is 56.9 Å². The summed E-state index contributed by atoms with van der Waals surface area (Å²) >= 11 is 0. The number of hydrogen-bond donors (Lipinski definition) is 1. The highest BCUT2D eigenvalue weighted by Gasteiger charge is 2.38. The summed E-state index contributed by atoms with van der Waals surface area (Å²) in [5, 5.41) is 4.06. The molecule has 2 fully saturated rings. The lowest BCUT2D eigenvalue weighted by molar-refractivity contribution is 0.293. The zero-order valence-electron chi connectivity index (χ0n) is 9.78. The van der Waals surface area contributed by atoms with Gasteiger partial charge in [0.2, 0.25) is 5.89 Å². The Morgan fingerprint density at radius 3 is 2.69 bits per heavy atom. The lowest BCUT2D eigenvalue weighted by Crippen LogP contribution is -2.18. The number of aromatic nitrogens is 2. The average molecular weight is 221 g/mol. The van der Waals surface area contributed by atoms with E-state index in [1.807, 2.05) is 0 Å². The molecule has 0 amide bonds. The van der Waals surface area contributed by atoms with Gasteiger partial charge in [-0.15, -0.1) is 0 Å². The van der Waals surface area contributed by atoms with Crippen LogP contribution in [0.5, 0.6) is 0 Å². The second-order valence-electron chi connectivity index (χ2n) is 5.59. The Morgan fingerprint density at radius 1 is 1.38 bits per heavy atom. The lowest BCUT2D eigenvalue weighted by atomic mass is 9.89. The highest BCUT2D eigenvalue weighted by Crippen LogP contribution is 2.42. The normalized spacial score (nSPS) is 25.9. The Morgan fingerprint density at radius 2 is 2.06 bits per heavy atom. The van der Waals surface area contributed by atoms with E-state index >= 15 is 0 Å². The maximum Gasteiger partial charge on any atom is 0.232 e. The molecule has 0 saturated heterocycles. The van der Waals surface area contributed by atoms with Gasteiger partial charge in [-0.2, -0.15) is 4.98 Å². The largest absolute Gasteiger partial charge is 0.339 e. The summed E-state index contributed by atoms with van der Waals surface area (Å²) in [6.45, 7) is 2.22. The molecule has 1 aromatic heterocycles. The first kappa shape index (κ1) is 10.3. The van der Waals surface area contributed by atoms with Crippen LogP contribution in [0.25, 0.3) is 0 Å². The van der Waals surface area contributed by atoms with Crippen LogP contribution in [0.3, 0.4) is 0 Å². The van der Waals surface area contributed by atoms with Crippen LogP contribution in [0.2, 0.25) is 0 Å². The van der Waals surface area contributed by atoms with Gasteiger partial charge in [-0.25, -0.2) is 0 Å². The van der Waals surface area contributed by atoms with E-state index in [1.54, 1.807) is 0 Å². The molecule has 88 valence electrons. The Kier molecular flexibility index (Phi) is 2.28. The van der Waals surface area contributed by atoms with Gasteiger partial charge in [0.05, 0.1) is 6.04 Å². The standard InChI is InChI=1S/C12H19N3O/c1-12(6-2-3-7-12)11-14-10(15-16-11)9(13)8-4-5-8/h8-9H,2-7,13H2,1H3. The van der Waals surface area contributed by atoms with Gasteiger partial charge in [0.1, 0.15) is 0 Å². The Balaban J connectivity index is 1.81. The molecule has 0 aromatic carbocycles. The van der Waals surface area contributed by atoms with Crippen LogP contribution in [-0.4, -0.2) is 10.1 Å². The lowest BCUT2D eigenvalue weighted by Gasteiger charge is -2.17. The van der Waals surface area contributed by atoms with E-state index in [4.69, 9.17) is 10.3 Å². The molecule has 0 aliphatic heterocycles. The Bertz CT molecular complexity index is 377. The fourth-order valence-electron chi connectivity index (χ4n) is 2.65. The highest BCUT2D eigenvalue weighted by molar-refractivity contribution is 5.08. The molecule has 0 spiro atoms. The van der Waals surface area contributed by atoms with Crippen molar-refractivity contribution in [1.82, 2.24) is 10.1 Å². The van der Waals surface area contributed by atoms with Crippen molar-refractivity contribution in [1.29, 1.82) is 0 Å². The summed E-state index contributed by atoms with van der Waals surface area (Å²) in [5.74, 6) is 2.10. The van der Waals surface area contributed by atoms with Crippen molar-refractivity contribution in [3.05, 3.63) is 11.7 Å². The monoisotopic (exact) mass is 221 g/mol. The molecule has 16 heavy (non-hydrogen) atoms. The van der Waals surface area contributed by atoms with Crippen LogP contribution in [0.15, 0.2) is 4.52 Å². The molecule has 1 unspecified atom stereocenters. The van der Waals surface area contributed by atoms with Crippen LogP contribution < -0.4 is 5.73 Å². The molecule has 4 nitrogen and oxygen atoms in total. The molecule has 4 heteroatoms. The highest BCUT2D eigenvalue weighted by atomic mass is 16.5. The zero-order chi connectivity index (χ0) is 11.2. The molecule has 0 radical (unpaired) electrons. The Labute approximate surface area is 95.6 Å². The minimum Gasteiger partial charge on any atom is -0.339 e. The molecule has 2 aliphatic rings. The van der Waals surface area contributed by atoms with E-state index in [0.29, 0.717) is 11.7 Å². The van der Waals surface area contributed by atoms with Crippen molar-refractivity contribution >= 4 is 0 Å². The third-order valence-corrected chi connectivity index (χ3v) is 4.09. The third-order valence-electron chi connectivity index (χ3n) is 4.09. The summed E-state index contributed by atoms with van der Waals surface area (Å²) in [5.41, 5.74) is 6.18. The van der Waals surface area contributed by atoms with Crippen molar-refractivity contribution in [3.63, 3.8) is 0 Å². The van der Waals surface area contributed by atoms with Gasteiger partial charge in [0.15, 0.2) is 5.82 Å². The molecule has 1 atom stereocenters. The number of hydrogen-bond acceptors (Lipinski definition) is 4. The first-order valence-electron chi connectivity index (χ1n) is 6.29. The quantitative estimate of drug-likeness (QED) is 0.850. The predicted molar refractivity (Wildman–Crippen MR) is 59.8 cm³/mol. The molecule has 3 rings (SSSR count). The first-order chi connectivity index (χ1) is 7.69. The first-order valence-corrected chi connectivity index (χ1v) is 6.29. The van der Waals surface area contributed by atoms with Crippen LogP contribution in [0.4, 0.5) is 0 Å². The van der Waals surface area contributed by atoms with Crippen LogP contribution in [-0.2, 0) is 5.41 Å². The van der Waals surface area contributed by atoms with Gasteiger partial charge >= 0.3 is 0 Å². The van der Waals surface area contributed by atoms with Crippen molar-refractivity contribution < 1.29 is 4.52 Å². The van der Waals surface area contributed by atoms with Crippen molar-refractivity contribution in [3.8, 4) is 0 Å². The minimum atomic E-state index is -0.0116. The topological polar surface area (TPSA) is 64.9 Å². The summed E-state index contributed by atoms with van der Waals surface area (Å²) in [7, 11) is 0. The van der Waals surface area contributed by atoms with Gasteiger partial charge in [-0.3, -0.25) is 0 Å². The summed E-state index contributed by atoms with van der Waals surface area (Å²) < 4.78 is 5.41. The summed E-state index contributed by atoms with van der Waals surface area (Å²) in [6, 6.07) is -0.0116. The van der Waals surface area contributed by atoms with Crippen LogP contribution >= 0.6 is 0 Å².